The van der Waals surface area contributed by atoms with Gasteiger partial charge in [0.15, 0.2) is 0 Å². The van der Waals surface area contributed by atoms with Crippen LogP contribution in [0, 0.1) is 5.41 Å². The number of hydrogen-bond acceptors (Lipinski definition) is 3. The van der Waals surface area contributed by atoms with Crippen molar-refractivity contribution in [1.29, 1.82) is 0 Å². The van der Waals surface area contributed by atoms with E-state index in [1.165, 1.54) is 11.1 Å². The summed E-state index contributed by atoms with van der Waals surface area (Å²) >= 11 is 0. The van der Waals surface area contributed by atoms with Gasteiger partial charge in [0.1, 0.15) is 6.04 Å². The first-order valence-electron chi connectivity index (χ1n) is 14.1. The molecule has 1 fully saturated rings. The van der Waals surface area contributed by atoms with Crippen LogP contribution in [0.1, 0.15) is 83.3 Å². The van der Waals surface area contributed by atoms with Gasteiger partial charge in [0.05, 0.1) is 0 Å². The first kappa shape index (κ1) is 28.6. The minimum absolute atomic E-state index is 0.0431. The van der Waals surface area contributed by atoms with Crippen molar-refractivity contribution in [2.75, 3.05) is 6.54 Å². The Morgan fingerprint density at radius 1 is 0.892 bits per heavy atom. The summed E-state index contributed by atoms with van der Waals surface area (Å²) in [5.41, 5.74) is 1.89. The zero-order valence-corrected chi connectivity index (χ0v) is 22.9. The molecule has 1 N–H and O–H groups in total. The molecular weight excluding hydrogens is 460 g/mol. The molecule has 2 aromatic carbocycles. The number of aryl methyl sites for hydroxylation is 2. The van der Waals surface area contributed by atoms with E-state index in [1.807, 2.05) is 32.9 Å². The number of likely N-dealkylation sites (tertiary alicyclic amines) is 1. The number of rotatable bonds is 13. The molecule has 2 aromatic rings. The maximum atomic E-state index is 13.5. The summed E-state index contributed by atoms with van der Waals surface area (Å²) in [5, 5.41) is 3.29. The molecule has 3 rings (SSSR count). The van der Waals surface area contributed by atoms with Crippen LogP contribution in [0.4, 0.5) is 0 Å². The smallest absolute Gasteiger partial charge is 0.291 e. The second kappa shape index (κ2) is 14.1. The Hall–Kier alpha value is -2.95. The monoisotopic (exact) mass is 504 g/mol. The molecule has 1 heterocycles. The van der Waals surface area contributed by atoms with Crippen LogP contribution < -0.4 is 5.32 Å². The Bertz CT molecular complexity index is 958. The van der Waals surface area contributed by atoms with Gasteiger partial charge in [-0.2, -0.15) is 0 Å². The van der Waals surface area contributed by atoms with Crippen LogP contribution >= 0.6 is 0 Å². The molecule has 0 aliphatic carbocycles. The lowest BCUT2D eigenvalue weighted by molar-refractivity contribution is -0.154. The van der Waals surface area contributed by atoms with Gasteiger partial charge in [0.2, 0.25) is 11.7 Å². The van der Waals surface area contributed by atoms with Crippen LogP contribution in [-0.4, -0.2) is 41.1 Å². The molecule has 0 spiro atoms. The van der Waals surface area contributed by atoms with Gasteiger partial charge in [-0.15, -0.1) is 0 Å². The predicted octanol–water partition coefficient (Wildman–Crippen LogP) is 5.90. The van der Waals surface area contributed by atoms with E-state index in [0.29, 0.717) is 19.4 Å². The van der Waals surface area contributed by atoms with Crippen molar-refractivity contribution in [2.45, 2.75) is 97.1 Å². The fourth-order valence-electron chi connectivity index (χ4n) is 5.01. The SMILES string of the molecule is CCC(C)(C)C(=O)C(=O)N1CCCCC1C(=O)NC(CCCc1ccccc1)CCCc1ccccc1. The van der Waals surface area contributed by atoms with Gasteiger partial charge < -0.3 is 10.2 Å². The van der Waals surface area contributed by atoms with Gasteiger partial charge in [-0.05, 0) is 75.3 Å². The molecule has 1 aliphatic rings. The molecule has 2 amide bonds. The highest BCUT2D eigenvalue weighted by molar-refractivity contribution is 6.38. The molecular formula is C32H44N2O3. The van der Waals surface area contributed by atoms with Crippen LogP contribution in [-0.2, 0) is 27.2 Å². The van der Waals surface area contributed by atoms with E-state index >= 15 is 0 Å². The number of benzene rings is 2. The largest absolute Gasteiger partial charge is 0.352 e. The van der Waals surface area contributed by atoms with Crippen LogP contribution in [0.3, 0.4) is 0 Å². The van der Waals surface area contributed by atoms with Gasteiger partial charge in [-0.25, -0.2) is 0 Å². The van der Waals surface area contributed by atoms with E-state index in [-0.39, 0.29) is 11.9 Å². The molecule has 0 aromatic heterocycles. The predicted molar refractivity (Wildman–Crippen MR) is 149 cm³/mol. The topological polar surface area (TPSA) is 66.5 Å². The van der Waals surface area contributed by atoms with Gasteiger partial charge in [0.25, 0.3) is 5.91 Å². The van der Waals surface area contributed by atoms with E-state index < -0.39 is 23.1 Å². The van der Waals surface area contributed by atoms with E-state index in [1.54, 1.807) is 4.90 Å². The van der Waals surface area contributed by atoms with Crippen molar-refractivity contribution in [3.8, 4) is 0 Å². The van der Waals surface area contributed by atoms with Crippen molar-refractivity contribution < 1.29 is 14.4 Å². The van der Waals surface area contributed by atoms with Gasteiger partial charge in [-0.1, -0.05) is 81.4 Å². The summed E-state index contributed by atoms with van der Waals surface area (Å²) in [6.07, 6.45) is 8.60. The lowest BCUT2D eigenvalue weighted by Crippen LogP contribution is -2.56. The van der Waals surface area contributed by atoms with E-state index in [2.05, 4.69) is 53.8 Å². The Kier molecular flexibility index (Phi) is 10.9. The molecule has 37 heavy (non-hydrogen) atoms. The summed E-state index contributed by atoms with van der Waals surface area (Å²) in [5.74, 6) is -1.01. The summed E-state index contributed by atoms with van der Waals surface area (Å²) in [6, 6.07) is 20.3. The number of carbonyl (C=O) groups excluding carboxylic acids is 3. The second-order valence-electron chi connectivity index (χ2n) is 11.0. The van der Waals surface area contributed by atoms with Gasteiger partial charge >= 0.3 is 0 Å². The summed E-state index contributed by atoms with van der Waals surface area (Å²) in [7, 11) is 0. The summed E-state index contributed by atoms with van der Waals surface area (Å²) < 4.78 is 0. The molecule has 0 radical (unpaired) electrons. The number of nitrogens with zero attached hydrogens (tertiary/aromatic N) is 1. The van der Waals surface area contributed by atoms with Crippen molar-refractivity contribution in [3.63, 3.8) is 0 Å². The third-order valence-corrected chi connectivity index (χ3v) is 7.83. The zero-order chi connectivity index (χ0) is 26.7. The molecule has 1 unspecified atom stereocenters. The van der Waals surface area contributed by atoms with Gasteiger partial charge in [-0.3, -0.25) is 14.4 Å². The highest BCUT2D eigenvalue weighted by atomic mass is 16.2. The van der Waals surface area contributed by atoms with E-state index in [0.717, 1.165) is 51.4 Å². The minimum Gasteiger partial charge on any atom is -0.352 e. The molecule has 5 nitrogen and oxygen atoms in total. The molecule has 200 valence electrons. The number of ketones is 1. The average Bonchev–Trinajstić information content (AvgIpc) is 2.93. The number of carbonyl (C=O) groups is 3. The van der Waals surface area contributed by atoms with Gasteiger partial charge in [0, 0.05) is 18.0 Å². The first-order valence-corrected chi connectivity index (χ1v) is 14.1. The quantitative estimate of drug-likeness (QED) is 0.345. The zero-order valence-electron chi connectivity index (χ0n) is 22.9. The summed E-state index contributed by atoms with van der Waals surface area (Å²) in [6.45, 7) is 6.00. The first-order chi connectivity index (χ1) is 17.8. The third-order valence-electron chi connectivity index (χ3n) is 7.83. The Balaban J connectivity index is 1.64. The Morgan fingerprint density at radius 2 is 1.43 bits per heavy atom. The van der Waals surface area contributed by atoms with Crippen molar-refractivity contribution >= 4 is 17.6 Å². The summed E-state index contributed by atoms with van der Waals surface area (Å²) in [4.78, 5) is 41.1. The molecule has 0 saturated carbocycles. The van der Waals surface area contributed by atoms with Crippen LogP contribution in [0.25, 0.3) is 0 Å². The third kappa shape index (κ3) is 8.55. The number of Topliss-reactive ketones (excluding diaryl/α,β-unsaturated/α-hetero) is 1. The van der Waals surface area contributed by atoms with Crippen LogP contribution in [0.15, 0.2) is 60.7 Å². The lowest BCUT2D eigenvalue weighted by atomic mass is 9.84. The van der Waals surface area contributed by atoms with E-state index in [9.17, 15) is 14.4 Å². The molecule has 1 atom stereocenters. The Morgan fingerprint density at radius 3 is 1.95 bits per heavy atom. The fourth-order valence-corrected chi connectivity index (χ4v) is 5.01. The standard InChI is InChI=1S/C32H44N2O3/c1-4-32(2,3)29(35)31(37)34-24-12-11-23-28(34)30(36)33-27(21-13-19-25-15-7-5-8-16-25)22-14-20-26-17-9-6-10-18-26/h5-10,15-18,27-28H,4,11-14,19-24H2,1-3H3,(H,33,36). The average molecular weight is 505 g/mol. The number of amides is 2. The van der Waals surface area contributed by atoms with Crippen molar-refractivity contribution in [2.24, 2.45) is 5.41 Å². The molecule has 1 aliphatic heterocycles. The molecule has 5 heteroatoms. The lowest BCUT2D eigenvalue weighted by Gasteiger charge is -2.36. The number of nitrogens with one attached hydrogen (secondary N) is 1. The van der Waals surface area contributed by atoms with E-state index in [4.69, 9.17) is 0 Å². The van der Waals surface area contributed by atoms with Crippen molar-refractivity contribution in [1.82, 2.24) is 10.2 Å². The van der Waals surface area contributed by atoms with Crippen LogP contribution in [0.2, 0.25) is 0 Å². The fraction of sp³-hybridized carbons (Fsp3) is 0.531. The highest BCUT2D eigenvalue weighted by Crippen LogP contribution is 2.25. The minimum atomic E-state index is -0.715. The maximum Gasteiger partial charge on any atom is 0.291 e. The van der Waals surface area contributed by atoms with Crippen molar-refractivity contribution in [3.05, 3.63) is 71.8 Å². The second-order valence-corrected chi connectivity index (χ2v) is 11.0. The number of hydrogen-bond donors (Lipinski definition) is 1. The van der Waals surface area contributed by atoms with Crippen LogP contribution in [0.5, 0.6) is 0 Å². The normalized spacial score (nSPS) is 16.0. The number of piperidine rings is 1. The Labute approximate surface area is 223 Å². The molecule has 1 saturated heterocycles. The molecule has 0 bridgehead atoms. The highest BCUT2D eigenvalue weighted by Gasteiger charge is 2.40. The maximum absolute atomic E-state index is 13.5.